The highest BCUT2D eigenvalue weighted by molar-refractivity contribution is 5.77. The van der Waals surface area contributed by atoms with Crippen LogP contribution in [0, 0.1) is 11.8 Å². The molecule has 110 valence electrons. The second-order valence-electron chi connectivity index (χ2n) is 6.68. The number of hydrogen-bond acceptors (Lipinski definition) is 2. The van der Waals surface area contributed by atoms with Gasteiger partial charge in [-0.2, -0.15) is 0 Å². The standard InChI is InChI=1S/C16H30N2O/c1-4-17-8-7-14(3)11-15(17)12-16(19)18-9-5-13(2)6-10-18/h13-15H,4-12H2,1-3H3. The normalized spacial score (nSPS) is 30.6. The first kappa shape index (κ1) is 14.8. The van der Waals surface area contributed by atoms with Crippen LogP contribution in [0.1, 0.15) is 52.9 Å². The molecule has 0 saturated carbocycles. The van der Waals surface area contributed by atoms with E-state index in [1.165, 1.54) is 32.2 Å². The van der Waals surface area contributed by atoms with E-state index in [1.807, 2.05) is 0 Å². The molecular formula is C16H30N2O. The average molecular weight is 266 g/mol. The van der Waals surface area contributed by atoms with E-state index in [4.69, 9.17) is 0 Å². The Kier molecular flexibility index (Phi) is 5.26. The van der Waals surface area contributed by atoms with Gasteiger partial charge in [0, 0.05) is 25.6 Å². The molecule has 0 aromatic heterocycles. The maximum absolute atomic E-state index is 12.4. The fourth-order valence-corrected chi connectivity index (χ4v) is 3.52. The second-order valence-corrected chi connectivity index (χ2v) is 6.68. The Labute approximate surface area is 118 Å². The summed E-state index contributed by atoms with van der Waals surface area (Å²) in [5.74, 6) is 1.97. The number of carbonyl (C=O) groups excluding carboxylic acids is 1. The average Bonchev–Trinajstić information content (AvgIpc) is 2.39. The van der Waals surface area contributed by atoms with Crippen molar-refractivity contribution in [2.45, 2.75) is 58.9 Å². The molecule has 0 aromatic rings. The van der Waals surface area contributed by atoms with Gasteiger partial charge in [-0.25, -0.2) is 0 Å². The summed E-state index contributed by atoms with van der Waals surface area (Å²) in [6.45, 7) is 11.1. The van der Waals surface area contributed by atoms with Crippen molar-refractivity contribution in [3.05, 3.63) is 0 Å². The van der Waals surface area contributed by atoms with Gasteiger partial charge in [0.2, 0.25) is 5.91 Å². The summed E-state index contributed by atoms with van der Waals surface area (Å²) in [5.41, 5.74) is 0. The van der Waals surface area contributed by atoms with Crippen molar-refractivity contribution in [1.82, 2.24) is 9.80 Å². The van der Waals surface area contributed by atoms with Gasteiger partial charge in [-0.3, -0.25) is 4.79 Å². The molecule has 0 aromatic carbocycles. The summed E-state index contributed by atoms with van der Waals surface area (Å²) in [7, 11) is 0. The smallest absolute Gasteiger partial charge is 0.224 e. The van der Waals surface area contributed by atoms with Crippen LogP contribution in [-0.4, -0.2) is 47.9 Å². The van der Waals surface area contributed by atoms with Crippen LogP contribution < -0.4 is 0 Å². The predicted octanol–water partition coefficient (Wildman–Crippen LogP) is 2.76. The molecule has 2 rings (SSSR count). The summed E-state index contributed by atoms with van der Waals surface area (Å²) >= 11 is 0. The van der Waals surface area contributed by atoms with Gasteiger partial charge in [0.25, 0.3) is 0 Å². The van der Waals surface area contributed by atoms with Crippen molar-refractivity contribution < 1.29 is 4.79 Å². The van der Waals surface area contributed by atoms with Crippen molar-refractivity contribution in [3.63, 3.8) is 0 Å². The molecule has 2 aliphatic heterocycles. The molecule has 2 heterocycles. The first-order valence-electron chi connectivity index (χ1n) is 8.12. The van der Waals surface area contributed by atoms with Gasteiger partial charge in [-0.1, -0.05) is 20.8 Å². The maximum Gasteiger partial charge on any atom is 0.224 e. The van der Waals surface area contributed by atoms with Crippen LogP contribution in [0.2, 0.25) is 0 Å². The lowest BCUT2D eigenvalue weighted by Crippen LogP contribution is -2.46. The molecule has 3 heteroatoms. The van der Waals surface area contributed by atoms with Crippen LogP contribution in [0.5, 0.6) is 0 Å². The lowest BCUT2D eigenvalue weighted by molar-refractivity contribution is -0.134. The van der Waals surface area contributed by atoms with E-state index >= 15 is 0 Å². The summed E-state index contributed by atoms with van der Waals surface area (Å²) in [5, 5.41) is 0. The summed E-state index contributed by atoms with van der Waals surface area (Å²) in [6.07, 6.45) is 5.60. The number of hydrogen-bond donors (Lipinski definition) is 0. The zero-order valence-corrected chi connectivity index (χ0v) is 12.9. The molecule has 19 heavy (non-hydrogen) atoms. The SMILES string of the molecule is CCN1CCC(C)CC1CC(=O)N1CCC(C)CC1. The minimum absolute atomic E-state index is 0.393. The number of nitrogens with zero attached hydrogens (tertiary/aromatic N) is 2. The Bertz CT molecular complexity index is 297. The van der Waals surface area contributed by atoms with Gasteiger partial charge in [-0.15, -0.1) is 0 Å². The molecule has 2 aliphatic rings. The second kappa shape index (κ2) is 6.74. The van der Waals surface area contributed by atoms with Crippen LogP contribution >= 0.6 is 0 Å². The van der Waals surface area contributed by atoms with E-state index in [-0.39, 0.29) is 0 Å². The number of piperidine rings is 2. The Balaban J connectivity index is 1.86. The molecule has 2 saturated heterocycles. The molecule has 0 aliphatic carbocycles. The van der Waals surface area contributed by atoms with Crippen LogP contribution in [-0.2, 0) is 4.79 Å². The molecule has 0 spiro atoms. The van der Waals surface area contributed by atoms with Crippen molar-refractivity contribution in [1.29, 1.82) is 0 Å². The zero-order chi connectivity index (χ0) is 13.8. The van der Waals surface area contributed by atoms with Gasteiger partial charge in [-0.05, 0) is 50.6 Å². The molecule has 0 radical (unpaired) electrons. The number of carbonyl (C=O) groups is 1. The van der Waals surface area contributed by atoms with E-state index in [9.17, 15) is 4.79 Å². The van der Waals surface area contributed by atoms with E-state index in [2.05, 4.69) is 30.6 Å². The highest BCUT2D eigenvalue weighted by Gasteiger charge is 2.29. The Hall–Kier alpha value is -0.570. The third kappa shape index (κ3) is 3.95. The van der Waals surface area contributed by atoms with E-state index in [1.54, 1.807) is 0 Å². The van der Waals surface area contributed by atoms with Crippen molar-refractivity contribution >= 4 is 5.91 Å². The van der Waals surface area contributed by atoms with Crippen LogP contribution in [0.15, 0.2) is 0 Å². The number of amides is 1. The first-order chi connectivity index (χ1) is 9.10. The van der Waals surface area contributed by atoms with Crippen molar-refractivity contribution in [3.8, 4) is 0 Å². The topological polar surface area (TPSA) is 23.6 Å². The largest absolute Gasteiger partial charge is 0.343 e. The predicted molar refractivity (Wildman–Crippen MR) is 79.0 cm³/mol. The van der Waals surface area contributed by atoms with Gasteiger partial charge >= 0.3 is 0 Å². The molecule has 2 atom stereocenters. The Morgan fingerprint density at radius 3 is 2.32 bits per heavy atom. The zero-order valence-electron chi connectivity index (χ0n) is 12.9. The lowest BCUT2D eigenvalue weighted by Gasteiger charge is -2.39. The van der Waals surface area contributed by atoms with Gasteiger partial charge in [0.05, 0.1) is 0 Å². The van der Waals surface area contributed by atoms with Gasteiger partial charge < -0.3 is 9.80 Å². The third-order valence-electron chi connectivity index (χ3n) is 5.05. The molecule has 3 nitrogen and oxygen atoms in total. The summed E-state index contributed by atoms with van der Waals surface area (Å²) < 4.78 is 0. The van der Waals surface area contributed by atoms with Crippen LogP contribution in [0.25, 0.3) is 0 Å². The van der Waals surface area contributed by atoms with E-state index in [0.29, 0.717) is 11.9 Å². The van der Waals surface area contributed by atoms with Crippen LogP contribution in [0.4, 0.5) is 0 Å². The van der Waals surface area contributed by atoms with Crippen molar-refractivity contribution in [2.75, 3.05) is 26.2 Å². The van der Waals surface area contributed by atoms with E-state index < -0.39 is 0 Å². The first-order valence-corrected chi connectivity index (χ1v) is 8.12. The molecule has 2 unspecified atom stereocenters. The summed E-state index contributed by atoms with van der Waals surface area (Å²) in [6, 6.07) is 0.487. The molecule has 0 bridgehead atoms. The summed E-state index contributed by atoms with van der Waals surface area (Å²) in [4.78, 5) is 17.0. The fourth-order valence-electron chi connectivity index (χ4n) is 3.52. The molecule has 0 N–H and O–H groups in total. The minimum Gasteiger partial charge on any atom is -0.343 e. The minimum atomic E-state index is 0.393. The van der Waals surface area contributed by atoms with Gasteiger partial charge in [0.1, 0.15) is 0 Å². The third-order valence-corrected chi connectivity index (χ3v) is 5.05. The molecule has 2 fully saturated rings. The Morgan fingerprint density at radius 1 is 1.05 bits per heavy atom. The highest BCUT2D eigenvalue weighted by atomic mass is 16.2. The number of rotatable bonds is 3. The Morgan fingerprint density at radius 2 is 1.68 bits per heavy atom. The number of likely N-dealkylation sites (tertiary alicyclic amines) is 2. The van der Waals surface area contributed by atoms with Crippen LogP contribution in [0.3, 0.4) is 0 Å². The van der Waals surface area contributed by atoms with E-state index in [0.717, 1.165) is 37.9 Å². The monoisotopic (exact) mass is 266 g/mol. The molecular weight excluding hydrogens is 236 g/mol. The maximum atomic E-state index is 12.4. The highest BCUT2D eigenvalue weighted by Crippen LogP contribution is 2.25. The molecule has 1 amide bonds. The fraction of sp³-hybridized carbons (Fsp3) is 0.938. The quantitative estimate of drug-likeness (QED) is 0.784. The van der Waals surface area contributed by atoms with Crippen molar-refractivity contribution in [2.24, 2.45) is 11.8 Å². The van der Waals surface area contributed by atoms with Gasteiger partial charge in [0.15, 0.2) is 0 Å². The lowest BCUT2D eigenvalue weighted by atomic mass is 9.90.